The van der Waals surface area contributed by atoms with E-state index in [-0.39, 0.29) is 5.69 Å². The number of rotatable bonds is 4. The summed E-state index contributed by atoms with van der Waals surface area (Å²) < 4.78 is 0. The molecule has 0 amide bonds. The number of hydrogen-bond donors (Lipinski definition) is 1. The number of nitro benzene ring substituents is 1. The molecule has 1 heterocycles. The van der Waals surface area contributed by atoms with E-state index in [1.807, 2.05) is 19.1 Å². The number of aryl methyl sites for hydroxylation is 1. The smallest absolute Gasteiger partial charge is 0.271 e. The second-order valence-corrected chi connectivity index (χ2v) is 4.51. The van der Waals surface area contributed by atoms with Crippen molar-refractivity contribution in [2.45, 2.75) is 13.5 Å². The van der Waals surface area contributed by atoms with E-state index in [2.05, 4.69) is 10.3 Å². The van der Waals surface area contributed by atoms with Gasteiger partial charge in [-0.05, 0) is 24.6 Å². The van der Waals surface area contributed by atoms with Crippen molar-refractivity contribution in [1.29, 1.82) is 0 Å². The summed E-state index contributed by atoms with van der Waals surface area (Å²) in [6, 6.07) is 8.22. The van der Waals surface area contributed by atoms with E-state index in [4.69, 9.17) is 11.6 Å². The predicted octanol–water partition coefficient (Wildman–Crippen LogP) is 3.56. The van der Waals surface area contributed by atoms with Gasteiger partial charge in [-0.1, -0.05) is 17.7 Å². The van der Waals surface area contributed by atoms with Crippen LogP contribution >= 0.6 is 11.6 Å². The first-order valence-electron chi connectivity index (χ1n) is 5.65. The van der Waals surface area contributed by atoms with Crippen LogP contribution in [0.3, 0.4) is 0 Å². The molecule has 0 fully saturated rings. The molecule has 5 nitrogen and oxygen atoms in total. The van der Waals surface area contributed by atoms with Crippen LogP contribution in [0.2, 0.25) is 5.02 Å². The highest BCUT2D eigenvalue weighted by Gasteiger charge is 2.09. The Kier molecular flexibility index (Phi) is 3.97. The van der Waals surface area contributed by atoms with E-state index in [9.17, 15) is 10.1 Å². The average molecular weight is 278 g/mol. The van der Waals surface area contributed by atoms with E-state index in [1.165, 1.54) is 12.1 Å². The Morgan fingerprint density at radius 2 is 2.16 bits per heavy atom. The number of aromatic nitrogens is 1. The first-order chi connectivity index (χ1) is 9.06. The summed E-state index contributed by atoms with van der Waals surface area (Å²) >= 11 is 5.98. The van der Waals surface area contributed by atoms with Crippen molar-refractivity contribution in [3.63, 3.8) is 0 Å². The Hall–Kier alpha value is -2.14. The van der Waals surface area contributed by atoms with Crippen LogP contribution in [0.25, 0.3) is 0 Å². The Morgan fingerprint density at radius 1 is 1.37 bits per heavy atom. The van der Waals surface area contributed by atoms with Crippen LogP contribution in [0.1, 0.15) is 11.3 Å². The third kappa shape index (κ3) is 3.42. The first-order valence-corrected chi connectivity index (χ1v) is 6.03. The molecule has 0 aliphatic rings. The number of nitro groups is 1. The van der Waals surface area contributed by atoms with Crippen LogP contribution in [-0.4, -0.2) is 9.91 Å². The quantitative estimate of drug-likeness (QED) is 0.685. The third-order valence-corrected chi connectivity index (χ3v) is 2.91. The second-order valence-electron chi connectivity index (χ2n) is 4.10. The molecule has 1 aromatic heterocycles. The van der Waals surface area contributed by atoms with Gasteiger partial charge in [0.25, 0.3) is 5.69 Å². The van der Waals surface area contributed by atoms with Crippen LogP contribution in [0, 0.1) is 17.0 Å². The third-order valence-electron chi connectivity index (χ3n) is 2.60. The highest BCUT2D eigenvalue weighted by atomic mass is 35.5. The minimum absolute atomic E-state index is 0.0241. The monoisotopic (exact) mass is 277 g/mol. The summed E-state index contributed by atoms with van der Waals surface area (Å²) in [6.45, 7) is 2.48. The molecule has 2 rings (SSSR count). The van der Waals surface area contributed by atoms with Crippen molar-refractivity contribution in [1.82, 2.24) is 4.98 Å². The SMILES string of the molecule is Cc1ccc(CNc2ccc([N+](=O)[O-])cc2Cl)nc1. The molecule has 0 aliphatic heterocycles. The number of benzene rings is 1. The summed E-state index contributed by atoms with van der Waals surface area (Å²) in [5.74, 6) is 0. The highest BCUT2D eigenvalue weighted by molar-refractivity contribution is 6.33. The van der Waals surface area contributed by atoms with E-state index in [0.29, 0.717) is 17.3 Å². The maximum Gasteiger partial charge on any atom is 0.271 e. The largest absolute Gasteiger partial charge is 0.378 e. The average Bonchev–Trinajstić information content (AvgIpc) is 2.39. The lowest BCUT2D eigenvalue weighted by molar-refractivity contribution is -0.384. The lowest BCUT2D eigenvalue weighted by Crippen LogP contribution is -2.02. The normalized spacial score (nSPS) is 10.2. The van der Waals surface area contributed by atoms with Gasteiger partial charge in [-0.15, -0.1) is 0 Å². The maximum atomic E-state index is 10.6. The number of hydrogen-bond acceptors (Lipinski definition) is 4. The Labute approximate surface area is 115 Å². The standard InChI is InChI=1S/C13H12ClN3O2/c1-9-2-3-10(15-7-9)8-16-13-5-4-11(17(18)19)6-12(13)14/h2-7,16H,8H2,1H3. The lowest BCUT2D eigenvalue weighted by Gasteiger charge is -2.07. The molecule has 0 saturated carbocycles. The van der Waals surface area contributed by atoms with Crippen LogP contribution in [0.4, 0.5) is 11.4 Å². The van der Waals surface area contributed by atoms with Gasteiger partial charge in [0.15, 0.2) is 0 Å². The molecule has 0 bridgehead atoms. The molecular formula is C13H12ClN3O2. The van der Waals surface area contributed by atoms with E-state index < -0.39 is 4.92 Å². The van der Waals surface area contributed by atoms with Crippen LogP contribution in [-0.2, 0) is 6.54 Å². The molecule has 0 saturated heterocycles. The number of halogens is 1. The van der Waals surface area contributed by atoms with Gasteiger partial charge in [-0.2, -0.15) is 0 Å². The zero-order valence-corrected chi connectivity index (χ0v) is 11.0. The topological polar surface area (TPSA) is 68.1 Å². The number of nitrogens with zero attached hydrogens (tertiary/aromatic N) is 2. The van der Waals surface area contributed by atoms with E-state index >= 15 is 0 Å². The maximum absolute atomic E-state index is 10.6. The van der Waals surface area contributed by atoms with Crippen molar-refractivity contribution < 1.29 is 4.92 Å². The van der Waals surface area contributed by atoms with E-state index in [1.54, 1.807) is 12.3 Å². The zero-order valence-electron chi connectivity index (χ0n) is 10.3. The zero-order chi connectivity index (χ0) is 13.8. The molecule has 1 aromatic carbocycles. The lowest BCUT2D eigenvalue weighted by atomic mass is 10.2. The van der Waals surface area contributed by atoms with Crippen LogP contribution < -0.4 is 5.32 Å². The molecule has 0 radical (unpaired) electrons. The van der Waals surface area contributed by atoms with Gasteiger partial charge in [0.1, 0.15) is 0 Å². The fourth-order valence-corrected chi connectivity index (χ4v) is 1.79. The van der Waals surface area contributed by atoms with Gasteiger partial charge in [0, 0.05) is 18.3 Å². The minimum atomic E-state index is -0.475. The second kappa shape index (κ2) is 5.67. The summed E-state index contributed by atoms with van der Waals surface area (Å²) in [5.41, 5.74) is 2.59. The molecular weight excluding hydrogens is 266 g/mol. The molecule has 98 valence electrons. The van der Waals surface area contributed by atoms with Gasteiger partial charge in [-0.25, -0.2) is 0 Å². The van der Waals surface area contributed by atoms with Gasteiger partial charge >= 0.3 is 0 Å². The molecule has 0 spiro atoms. The van der Waals surface area contributed by atoms with Gasteiger partial charge in [0.2, 0.25) is 0 Å². The Balaban J connectivity index is 2.07. The van der Waals surface area contributed by atoms with Crippen molar-refractivity contribution in [2.75, 3.05) is 5.32 Å². The molecule has 6 heteroatoms. The fourth-order valence-electron chi connectivity index (χ4n) is 1.55. The van der Waals surface area contributed by atoms with Crippen molar-refractivity contribution >= 4 is 23.0 Å². The summed E-state index contributed by atoms with van der Waals surface area (Å²) in [6.07, 6.45) is 1.79. The van der Waals surface area contributed by atoms with Crippen molar-refractivity contribution in [2.24, 2.45) is 0 Å². The molecule has 2 aromatic rings. The number of pyridine rings is 1. The van der Waals surface area contributed by atoms with Gasteiger partial charge < -0.3 is 5.32 Å². The minimum Gasteiger partial charge on any atom is -0.378 e. The molecule has 1 N–H and O–H groups in total. The summed E-state index contributed by atoms with van der Waals surface area (Å²) in [5, 5.41) is 14.0. The van der Waals surface area contributed by atoms with Crippen molar-refractivity contribution in [3.05, 3.63) is 62.9 Å². The van der Waals surface area contributed by atoms with Gasteiger partial charge in [0.05, 0.1) is 27.9 Å². The first kappa shape index (κ1) is 13.3. The Morgan fingerprint density at radius 3 is 2.74 bits per heavy atom. The summed E-state index contributed by atoms with van der Waals surface area (Å²) in [7, 11) is 0. The number of non-ortho nitro benzene ring substituents is 1. The summed E-state index contributed by atoms with van der Waals surface area (Å²) in [4.78, 5) is 14.4. The predicted molar refractivity (Wildman–Crippen MR) is 74.4 cm³/mol. The Bertz CT molecular complexity index is 599. The van der Waals surface area contributed by atoms with Crippen LogP contribution in [0.5, 0.6) is 0 Å². The van der Waals surface area contributed by atoms with E-state index in [0.717, 1.165) is 11.3 Å². The number of anilines is 1. The molecule has 0 unspecified atom stereocenters. The molecule has 0 atom stereocenters. The molecule has 19 heavy (non-hydrogen) atoms. The fraction of sp³-hybridized carbons (Fsp3) is 0.154. The number of nitrogens with one attached hydrogen (secondary N) is 1. The van der Waals surface area contributed by atoms with Crippen LogP contribution in [0.15, 0.2) is 36.5 Å². The van der Waals surface area contributed by atoms with Crippen molar-refractivity contribution in [3.8, 4) is 0 Å². The van der Waals surface area contributed by atoms with Gasteiger partial charge in [-0.3, -0.25) is 15.1 Å². The highest BCUT2D eigenvalue weighted by Crippen LogP contribution is 2.26. The molecule has 0 aliphatic carbocycles.